The van der Waals surface area contributed by atoms with Gasteiger partial charge in [0.05, 0.1) is 11.1 Å². The van der Waals surface area contributed by atoms with Gasteiger partial charge in [-0.2, -0.15) is 26.3 Å². The SMILES string of the molecule is FC(F)(F)c1cc(NC(=S)Nc2cc[c]cc2)cc(C(F)(F)F)c1. The predicted octanol–water partition coefficient (Wildman–Crippen LogP) is 5.33. The molecule has 0 fully saturated rings. The van der Waals surface area contributed by atoms with Crippen LogP contribution in [0.3, 0.4) is 0 Å². The lowest BCUT2D eigenvalue weighted by atomic mass is 10.1. The highest BCUT2D eigenvalue weighted by molar-refractivity contribution is 7.80. The molecule has 0 bridgehead atoms. The fourth-order valence-electron chi connectivity index (χ4n) is 1.79. The standard InChI is InChI=1S/C15H9F6N2S/c16-14(17,18)9-6-10(15(19,20)21)8-12(7-9)23-13(24)22-11-4-2-1-3-5-11/h2-8H,(H2,22,23,24). The Hall–Kier alpha value is -2.29. The maximum absolute atomic E-state index is 12.8. The quantitative estimate of drug-likeness (QED) is 0.557. The Morgan fingerprint density at radius 3 is 1.71 bits per heavy atom. The summed E-state index contributed by atoms with van der Waals surface area (Å²) in [4.78, 5) is 0. The molecule has 127 valence electrons. The van der Waals surface area contributed by atoms with Gasteiger partial charge in [-0.05, 0) is 48.6 Å². The molecule has 0 unspecified atom stereocenters. The van der Waals surface area contributed by atoms with Crippen molar-refractivity contribution in [1.29, 1.82) is 0 Å². The average molecular weight is 363 g/mol. The van der Waals surface area contributed by atoms with E-state index >= 15 is 0 Å². The van der Waals surface area contributed by atoms with Crippen LogP contribution in [0.25, 0.3) is 0 Å². The Labute approximate surface area is 138 Å². The van der Waals surface area contributed by atoms with E-state index in [0.29, 0.717) is 17.8 Å². The highest BCUT2D eigenvalue weighted by atomic mass is 32.1. The van der Waals surface area contributed by atoms with Crippen molar-refractivity contribution in [3.8, 4) is 0 Å². The Kier molecular flexibility index (Phi) is 5.02. The number of hydrogen-bond donors (Lipinski definition) is 2. The van der Waals surface area contributed by atoms with Crippen LogP contribution in [0.15, 0.2) is 42.5 Å². The second-order valence-corrected chi connectivity index (χ2v) is 5.07. The molecule has 1 radical (unpaired) electrons. The minimum atomic E-state index is -4.91. The minimum Gasteiger partial charge on any atom is -0.332 e. The molecule has 2 nitrogen and oxygen atoms in total. The van der Waals surface area contributed by atoms with Crippen LogP contribution in [-0.4, -0.2) is 5.11 Å². The summed E-state index contributed by atoms with van der Waals surface area (Å²) in [6, 6.07) is 10.2. The van der Waals surface area contributed by atoms with Gasteiger partial charge in [-0.15, -0.1) is 0 Å². The summed E-state index contributed by atoms with van der Waals surface area (Å²) in [5.74, 6) is 0. The molecule has 2 aromatic carbocycles. The fourth-order valence-corrected chi connectivity index (χ4v) is 2.03. The number of rotatable bonds is 2. The van der Waals surface area contributed by atoms with Crippen molar-refractivity contribution in [2.75, 3.05) is 10.6 Å². The van der Waals surface area contributed by atoms with Crippen molar-refractivity contribution >= 4 is 28.7 Å². The van der Waals surface area contributed by atoms with E-state index in [0.717, 1.165) is 0 Å². The monoisotopic (exact) mass is 363 g/mol. The van der Waals surface area contributed by atoms with E-state index in [9.17, 15) is 26.3 Å². The topological polar surface area (TPSA) is 24.1 Å². The molecule has 2 aromatic rings. The van der Waals surface area contributed by atoms with E-state index in [1.807, 2.05) is 0 Å². The average Bonchev–Trinajstić information content (AvgIpc) is 2.46. The molecule has 2 rings (SSSR count). The van der Waals surface area contributed by atoms with E-state index in [2.05, 4.69) is 16.7 Å². The summed E-state index contributed by atoms with van der Waals surface area (Å²) in [7, 11) is 0. The molecule has 0 aliphatic carbocycles. The molecular weight excluding hydrogens is 354 g/mol. The van der Waals surface area contributed by atoms with Gasteiger partial charge in [-0.1, -0.05) is 12.1 Å². The first-order valence-corrected chi connectivity index (χ1v) is 6.80. The number of benzene rings is 2. The molecule has 0 spiro atoms. The first kappa shape index (κ1) is 18.1. The lowest BCUT2D eigenvalue weighted by molar-refractivity contribution is -0.143. The first-order valence-electron chi connectivity index (χ1n) is 6.39. The molecule has 9 heteroatoms. The molecule has 0 saturated carbocycles. The van der Waals surface area contributed by atoms with Crippen molar-refractivity contribution in [3.63, 3.8) is 0 Å². The summed E-state index contributed by atoms with van der Waals surface area (Å²) >= 11 is 4.90. The third-order valence-electron chi connectivity index (χ3n) is 2.82. The van der Waals surface area contributed by atoms with Gasteiger partial charge in [-0.3, -0.25) is 0 Å². The van der Waals surface area contributed by atoms with Crippen molar-refractivity contribution in [3.05, 3.63) is 59.7 Å². The van der Waals surface area contributed by atoms with Crippen LogP contribution in [0, 0.1) is 6.07 Å². The van der Waals surface area contributed by atoms with Gasteiger partial charge in [0.25, 0.3) is 0 Å². The lowest BCUT2D eigenvalue weighted by Crippen LogP contribution is -2.20. The Bertz CT molecular complexity index is 693. The molecule has 2 N–H and O–H groups in total. The summed E-state index contributed by atoms with van der Waals surface area (Å²) in [6.07, 6.45) is -9.83. The lowest BCUT2D eigenvalue weighted by Gasteiger charge is -2.16. The highest BCUT2D eigenvalue weighted by Crippen LogP contribution is 2.37. The zero-order chi connectivity index (χ0) is 18.0. The second-order valence-electron chi connectivity index (χ2n) is 4.66. The molecule has 0 aliphatic rings. The summed E-state index contributed by atoms with van der Waals surface area (Å²) < 4.78 is 76.6. The highest BCUT2D eigenvalue weighted by Gasteiger charge is 2.37. The van der Waals surface area contributed by atoms with Crippen LogP contribution < -0.4 is 10.6 Å². The summed E-state index contributed by atoms with van der Waals surface area (Å²) in [6.45, 7) is 0. The predicted molar refractivity (Wildman–Crippen MR) is 81.6 cm³/mol. The zero-order valence-corrected chi connectivity index (χ0v) is 12.5. The third-order valence-corrected chi connectivity index (χ3v) is 3.03. The minimum absolute atomic E-state index is 0.0503. The van der Waals surface area contributed by atoms with E-state index in [-0.39, 0.29) is 11.2 Å². The van der Waals surface area contributed by atoms with Crippen LogP contribution in [0.2, 0.25) is 0 Å². The van der Waals surface area contributed by atoms with Gasteiger partial charge < -0.3 is 10.6 Å². The fraction of sp³-hybridized carbons (Fsp3) is 0.133. The van der Waals surface area contributed by atoms with E-state index in [1.54, 1.807) is 24.3 Å². The summed E-state index contributed by atoms with van der Waals surface area (Å²) in [5, 5.41) is 4.83. The number of halogens is 6. The Balaban J connectivity index is 2.27. The van der Waals surface area contributed by atoms with E-state index in [1.165, 1.54) is 0 Å². The van der Waals surface area contributed by atoms with Gasteiger partial charge >= 0.3 is 12.4 Å². The molecule has 0 heterocycles. The van der Waals surface area contributed by atoms with Crippen molar-refractivity contribution < 1.29 is 26.3 Å². The Morgan fingerprint density at radius 1 is 0.792 bits per heavy atom. The Morgan fingerprint density at radius 2 is 1.25 bits per heavy atom. The number of thiocarbonyl (C=S) groups is 1. The summed E-state index contributed by atoms with van der Waals surface area (Å²) in [5.41, 5.74) is -2.75. The molecule has 24 heavy (non-hydrogen) atoms. The van der Waals surface area contributed by atoms with Gasteiger partial charge in [0, 0.05) is 11.4 Å². The van der Waals surface area contributed by atoms with Crippen molar-refractivity contribution in [2.24, 2.45) is 0 Å². The normalized spacial score (nSPS) is 11.9. The number of alkyl halides is 6. The van der Waals surface area contributed by atoms with Gasteiger partial charge in [0.2, 0.25) is 0 Å². The van der Waals surface area contributed by atoms with Crippen LogP contribution in [0.5, 0.6) is 0 Å². The molecule has 0 aliphatic heterocycles. The van der Waals surface area contributed by atoms with Crippen molar-refractivity contribution in [2.45, 2.75) is 12.4 Å². The van der Waals surface area contributed by atoms with Crippen LogP contribution >= 0.6 is 12.2 Å². The number of anilines is 2. The van der Waals surface area contributed by atoms with Gasteiger partial charge in [0.1, 0.15) is 0 Å². The largest absolute Gasteiger partial charge is 0.416 e. The van der Waals surface area contributed by atoms with Gasteiger partial charge in [0.15, 0.2) is 5.11 Å². The third kappa shape index (κ3) is 4.85. The van der Waals surface area contributed by atoms with Crippen LogP contribution in [0.4, 0.5) is 37.7 Å². The molecular formula is C15H9F6N2S. The van der Waals surface area contributed by atoms with E-state index in [4.69, 9.17) is 12.2 Å². The van der Waals surface area contributed by atoms with Crippen LogP contribution in [-0.2, 0) is 12.4 Å². The van der Waals surface area contributed by atoms with Gasteiger partial charge in [-0.25, -0.2) is 0 Å². The smallest absolute Gasteiger partial charge is 0.332 e. The first-order chi connectivity index (χ1) is 11.1. The maximum atomic E-state index is 12.8. The molecule has 0 aromatic heterocycles. The molecule has 0 amide bonds. The zero-order valence-electron chi connectivity index (χ0n) is 11.7. The maximum Gasteiger partial charge on any atom is 0.416 e. The molecule has 0 atom stereocenters. The number of nitrogens with one attached hydrogen (secondary N) is 2. The molecule has 0 saturated heterocycles. The van der Waals surface area contributed by atoms with E-state index < -0.39 is 29.2 Å². The van der Waals surface area contributed by atoms with Crippen molar-refractivity contribution in [1.82, 2.24) is 0 Å². The second kappa shape index (κ2) is 6.68. The number of hydrogen-bond acceptors (Lipinski definition) is 1. The van der Waals surface area contributed by atoms with Crippen LogP contribution in [0.1, 0.15) is 11.1 Å².